The molecule has 0 unspecified atom stereocenters. The highest BCUT2D eigenvalue weighted by molar-refractivity contribution is 5.88. The predicted octanol–water partition coefficient (Wildman–Crippen LogP) is 0.595. The van der Waals surface area contributed by atoms with Gasteiger partial charge >= 0.3 is 5.82 Å². The first kappa shape index (κ1) is 20.9. The Labute approximate surface area is 171 Å². The molecule has 0 bridgehead atoms. The van der Waals surface area contributed by atoms with Crippen molar-refractivity contribution in [2.45, 2.75) is 12.8 Å². The third-order valence-electron chi connectivity index (χ3n) is 4.59. The van der Waals surface area contributed by atoms with E-state index >= 15 is 0 Å². The molecular formula is C18H22N7O5+. The maximum absolute atomic E-state index is 12.2. The number of nitrogens with one attached hydrogen (secondary N) is 2. The number of ether oxygens (including phenoxy) is 2. The van der Waals surface area contributed by atoms with Crippen LogP contribution in [0, 0.1) is 21.4 Å². The molecular weight excluding hydrogens is 394 g/mol. The maximum Gasteiger partial charge on any atom is 0.391 e. The first-order chi connectivity index (χ1) is 14.4. The Morgan fingerprint density at radius 3 is 2.73 bits per heavy atom. The number of hydrogen-bond donors (Lipinski definition) is 3. The molecule has 1 fully saturated rings. The number of nitrogens with two attached hydrogens (primary N) is 1. The van der Waals surface area contributed by atoms with Crippen LogP contribution in [0.2, 0.25) is 0 Å². The average Bonchev–Trinajstić information content (AvgIpc) is 3.61. The van der Waals surface area contributed by atoms with E-state index in [1.54, 1.807) is 18.6 Å². The van der Waals surface area contributed by atoms with E-state index < -0.39 is 10.7 Å². The minimum atomic E-state index is -0.637. The average molecular weight is 416 g/mol. The second kappa shape index (κ2) is 8.69. The molecule has 12 nitrogen and oxygen atoms in total. The van der Waals surface area contributed by atoms with E-state index in [-0.39, 0.29) is 34.8 Å². The normalized spacial score (nSPS) is 17.0. The number of aromatic nitrogens is 1. The lowest BCUT2D eigenvalue weighted by molar-refractivity contribution is -0.529. The molecule has 3 rings (SSSR count). The van der Waals surface area contributed by atoms with Crippen LogP contribution in [-0.2, 0) is 4.79 Å². The Hall–Kier alpha value is -3.80. The first-order valence-electron chi connectivity index (χ1n) is 9.09. The molecule has 1 saturated carbocycles. The summed E-state index contributed by atoms with van der Waals surface area (Å²) >= 11 is 0. The molecule has 2 aliphatic rings. The number of carbonyl (C=O) groups excluding carboxylic acids is 1. The first-order valence-corrected chi connectivity index (χ1v) is 9.09. The van der Waals surface area contributed by atoms with Crippen LogP contribution in [0.25, 0.3) is 0 Å². The summed E-state index contributed by atoms with van der Waals surface area (Å²) in [6, 6.07) is 0. The third kappa shape index (κ3) is 4.12. The molecule has 0 atom stereocenters. The van der Waals surface area contributed by atoms with Crippen LogP contribution in [0.15, 0.2) is 34.7 Å². The van der Waals surface area contributed by atoms with E-state index in [1.807, 2.05) is 0 Å². The van der Waals surface area contributed by atoms with E-state index in [2.05, 4.69) is 15.3 Å². The van der Waals surface area contributed by atoms with E-state index in [1.165, 1.54) is 25.3 Å². The SMILES string of the molecule is CNc1c([N+](=O)[O-])ncc(O/C(C=N)=C2\C=NC(N(C)C(=O)C3CC3)=C[NH2+]2)c1OC. The number of aliphatic imine (C=N–C) groups is 1. The molecule has 158 valence electrons. The summed E-state index contributed by atoms with van der Waals surface area (Å²) in [5.74, 6) is 0.491. The van der Waals surface area contributed by atoms with Crippen molar-refractivity contribution in [1.29, 1.82) is 5.41 Å². The molecule has 0 radical (unpaired) electrons. The largest absolute Gasteiger partial charge is 0.491 e. The van der Waals surface area contributed by atoms with Gasteiger partial charge < -0.3 is 30.3 Å². The Bertz CT molecular complexity index is 981. The molecule has 0 spiro atoms. The fraction of sp³-hybridized carbons (Fsp3) is 0.333. The van der Waals surface area contributed by atoms with Gasteiger partial charge in [0.1, 0.15) is 6.20 Å². The molecule has 1 aliphatic heterocycles. The van der Waals surface area contributed by atoms with Crippen LogP contribution >= 0.6 is 0 Å². The van der Waals surface area contributed by atoms with Crippen molar-refractivity contribution in [3.63, 3.8) is 0 Å². The number of anilines is 1. The van der Waals surface area contributed by atoms with Crippen LogP contribution in [0.3, 0.4) is 0 Å². The van der Waals surface area contributed by atoms with Crippen LogP contribution < -0.4 is 20.1 Å². The summed E-state index contributed by atoms with van der Waals surface area (Å²) in [6.45, 7) is 0. The van der Waals surface area contributed by atoms with E-state index in [0.717, 1.165) is 25.3 Å². The summed E-state index contributed by atoms with van der Waals surface area (Å²) in [6.07, 6.45) is 7.09. The zero-order valence-corrected chi connectivity index (χ0v) is 16.7. The topological polar surface area (TPSA) is 160 Å². The van der Waals surface area contributed by atoms with Gasteiger partial charge in [-0.1, -0.05) is 0 Å². The summed E-state index contributed by atoms with van der Waals surface area (Å²) in [7, 11) is 4.52. The zero-order chi connectivity index (χ0) is 21.8. The fourth-order valence-electron chi connectivity index (χ4n) is 2.84. The van der Waals surface area contributed by atoms with Gasteiger partial charge in [-0.05, 0) is 22.7 Å². The van der Waals surface area contributed by atoms with Crippen molar-refractivity contribution in [2.75, 3.05) is 26.5 Å². The second-order valence-corrected chi connectivity index (χ2v) is 6.55. The van der Waals surface area contributed by atoms with Crippen molar-refractivity contribution in [1.82, 2.24) is 9.88 Å². The number of nitro groups is 1. The predicted molar refractivity (Wildman–Crippen MR) is 107 cm³/mol. The molecule has 1 aromatic rings. The molecule has 0 saturated heterocycles. The number of allylic oxidation sites excluding steroid dienone is 2. The number of carbonyl (C=O) groups is 1. The van der Waals surface area contributed by atoms with Crippen LogP contribution in [0.5, 0.6) is 11.5 Å². The minimum Gasteiger partial charge on any atom is -0.491 e. The lowest BCUT2D eigenvalue weighted by Crippen LogP contribution is -2.78. The zero-order valence-electron chi connectivity index (χ0n) is 16.7. The minimum absolute atomic E-state index is 0.0315. The van der Waals surface area contributed by atoms with Crippen molar-refractivity contribution in [2.24, 2.45) is 10.9 Å². The number of methoxy groups -OCH3 is 1. The standard InChI is InChI=1S/C18H21N7O5/c1-20-15-16(29-3)13(8-23-17(15)25(27)28)30-12(6-19)11-7-22-14(9-21-11)24(2)18(26)10-4-5-10/h6-10,19-21H,4-5H2,1-3H3/p+1/b12-11+,19-6?. The molecule has 4 N–H and O–H groups in total. The van der Waals surface area contributed by atoms with E-state index in [9.17, 15) is 14.9 Å². The van der Waals surface area contributed by atoms with Crippen molar-refractivity contribution in [3.8, 4) is 11.5 Å². The summed E-state index contributed by atoms with van der Waals surface area (Å²) < 4.78 is 11.0. The molecule has 30 heavy (non-hydrogen) atoms. The Morgan fingerprint density at radius 1 is 1.50 bits per heavy atom. The van der Waals surface area contributed by atoms with Gasteiger partial charge in [0.25, 0.3) is 0 Å². The van der Waals surface area contributed by atoms with Gasteiger partial charge in [0.05, 0.1) is 19.5 Å². The molecule has 1 aliphatic carbocycles. The quantitative estimate of drug-likeness (QED) is 0.242. The highest BCUT2D eigenvalue weighted by Crippen LogP contribution is 2.40. The summed E-state index contributed by atoms with van der Waals surface area (Å²) in [5, 5.41) is 23.2. The molecule has 2 heterocycles. The number of quaternary nitrogens is 1. The Balaban J connectivity index is 1.85. The number of hydrogen-bond acceptors (Lipinski definition) is 9. The summed E-state index contributed by atoms with van der Waals surface area (Å²) in [4.78, 5) is 32.3. The van der Waals surface area contributed by atoms with Gasteiger partial charge in [-0.2, -0.15) is 0 Å². The van der Waals surface area contributed by atoms with Gasteiger partial charge in [-0.3, -0.25) is 15.0 Å². The van der Waals surface area contributed by atoms with Crippen LogP contribution in [0.4, 0.5) is 11.5 Å². The van der Waals surface area contributed by atoms with Gasteiger partial charge in [0, 0.05) is 20.0 Å². The molecule has 12 heteroatoms. The number of rotatable bonds is 8. The number of pyridine rings is 1. The lowest BCUT2D eigenvalue weighted by Gasteiger charge is -2.18. The van der Waals surface area contributed by atoms with Crippen LogP contribution in [0.1, 0.15) is 12.8 Å². The number of nitrogens with zero attached hydrogens (tertiary/aromatic N) is 4. The second-order valence-electron chi connectivity index (χ2n) is 6.55. The van der Waals surface area contributed by atoms with Gasteiger partial charge in [-0.15, -0.1) is 0 Å². The highest BCUT2D eigenvalue weighted by atomic mass is 16.6. The Morgan fingerprint density at radius 2 is 2.23 bits per heavy atom. The van der Waals surface area contributed by atoms with Crippen LogP contribution in [-0.4, -0.2) is 54.3 Å². The van der Waals surface area contributed by atoms with Gasteiger partial charge in [0.2, 0.25) is 17.4 Å². The lowest BCUT2D eigenvalue weighted by atomic mass is 10.3. The van der Waals surface area contributed by atoms with Crippen molar-refractivity contribution >= 4 is 29.8 Å². The number of amides is 1. The van der Waals surface area contributed by atoms with Gasteiger partial charge in [-0.25, -0.2) is 4.99 Å². The van der Waals surface area contributed by atoms with Crippen molar-refractivity contribution in [3.05, 3.63) is 39.8 Å². The Kier molecular flexibility index (Phi) is 6.06. The maximum atomic E-state index is 12.2. The van der Waals surface area contributed by atoms with E-state index in [0.29, 0.717) is 11.5 Å². The van der Waals surface area contributed by atoms with E-state index in [4.69, 9.17) is 14.9 Å². The monoisotopic (exact) mass is 416 g/mol. The molecule has 1 amide bonds. The molecule has 1 aromatic heterocycles. The highest BCUT2D eigenvalue weighted by Gasteiger charge is 2.34. The molecule has 0 aromatic carbocycles. The van der Waals surface area contributed by atoms with Crippen molar-refractivity contribution < 1.29 is 24.5 Å². The third-order valence-corrected chi connectivity index (χ3v) is 4.59. The fourth-order valence-corrected chi connectivity index (χ4v) is 2.84. The summed E-state index contributed by atoms with van der Waals surface area (Å²) in [5.41, 5.74) is 0.533. The van der Waals surface area contributed by atoms with Gasteiger partial charge in [0.15, 0.2) is 29.2 Å². The smallest absolute Gasteiger partial charge is 0.391 e.